The monoisotopic (exact) mass is 293 g/mol. The molecule has 0 atom stereocenters. The quantitative estimate of drug-likeness (QED) is 0.678. The van der Waals surface area contributed by atoms with E-state index in [1.165, 1.54) is 33.7 Å². The van der Waals surface area contributed by atoms with Gasteiger partial charge in [-0.05, 0) is 21.9 Å². The van der Waals surface area contributed by atoms with Gasteiger partial charge in [0, 0.05) is 6.20 Å². The number of thiophene rings is 1. The molecule has 0 unspecified atom stereocenters. The molecule has 0 aromatic carbocycles. The first kappa shape index (κ1) is 11.9. The molecular formula is C10H7N5O2S2. The van der Waals surface area contributed by atoms with Crippen LogP contribution in [0.4, 0.5) is 0 Å². The molecule has 0 aliphatic heterocycles. The molecule has 0 amide bonds. The zero-order valence-corrected chi connectivity index (χ0v) is 11.1. The second-order valence-corrected chi connectivity index (χ2v) is 5.32. The second-order valence-electron chi connectivity index (χ2n) is 3.43. The molecule has 96 valence electrons. The van der Waals surface area contributed by atoms with E-state index in [9.17, 15) is 4.79 Å². The number of hydrogen-bond donors (Lipinski definition) is 0. The van der Waals surface area contributed by atoms with Crippen molar-refractivity contribution in [1.82, 2.24) is 25.2 Å². The molecule has 3 rings (SSSR count). The van der Waals surface area contributed by atoms with Crippen molar-refractivity contribution in [1.29, 1.82) is 0 Å². The number of rotatable bonds is 4. The van der Waals surface area contributed by atoms with Gasteiger partial charge in [-0.3, -0.25) is 4.98 Å². The fraction of sp³-hybridized carbons (Fsp3) is 0.100. The Hall–Kier alpha value is -2.13. The summed E-state index contributed by atoms with van der Waals surface area (Å²) in [4.78, 5) is 17.3. The van der Waals surface area contributed by atoms with Crippen LogP contribution in [0.15, 0.2) is 29.5 Å². The van der Waals surface area contributed by atoms with Gasteiger partial charge in [0.1, 0.15) is 17.8 Å². The summed E-state index contributed by atoms with van der Waals surface area (Å²) >= 11 is 2.73. The zero-order chi connectivity index (χ0) is 13.1. The normalized spacial score (nSPS) is 10.5. The standard InChI is InChI=1S/C10H7N5O2S2/c16-10(17-4-7-3-11-6-19-7)9-8(1-2-18-9)15-5-12-13-14-15/h1-3,5-6H,4H2. The van der Waals surface area contributed by atoms with Crippen LogP contribution in [0.3, 0.4) is 0 Å². The Morgan fingerprint density at radius 1 is 1.42 bits per heavy atom. The molecule has 0 spiro atoms. The van der Waals surface area contributed by atoms with E-state index in [1.54, 1.807) is 23.2 Å². The van der Waals surface area contributed by atoms with Crippen molar-refractivity contribution in [2.75, 3.05) is 0 Å². The topological polar surface area (TPSA) is 82.8 Å². The predicted octanol–water partition coefficient (Wildman–Crippen LogP) is 1.54. The average molecular weight is 293 g/mol. The zero-order valence-electron chi connectivity index (χ0n) is 9.46. The highest BCUT2D eigenvalue weighted by molar-refractivity contribution is 7.12. The van der Waals surface area contributed by atoms with Crippen molar-refractivity contribution >= 4 is 28.6 Å². The van der Waals surface area contributed by atoms with Crippen LogP contribution in [0.2, 0.25) is 0 Å². The van der Waals surface area contributed by atoms with Gasteiger partial charge in [0.05, 0.1) is 16.1 Å². The third kappa shape index (κ3) is 2.51. The van der Waals surface area contributed by atoms with Crippen LogP contribution in [0.5, 0.6) is 0 Å². The largest absolute Gasteiger partial charge is 0.456 e. The number of ether oxygens (including phenoxy) is 1. The highest BCUT2D eigenvalue weighted by Gasteiger charge is 2.17. The summed E-state index contributed by atoms with van der Waals surface area (Å²) in [6.07, 6.45) is 3.11. The summed E-state index contributed by atoms with van der Waals surface area (Å²) in [6, 6.07) is 1.77. The highest BCUT2D eigenvalue weighted by Crippen LogP contribution is 2.21. The number of nitrogens with zero attached hydrogens (tertiary/aromatic N) is 5. The van der Waals surface area contributed by atoms with Crippen LogP contribution in [0.25, 0.3) is 5.69 Å². The third-order valence-electron chi connectivity index (χ3n) is 2.25. The first-order valence-corrected chi connectivity index (χ1v) is 6.96. The molecule has 0 N–H and O–H groups in total. The maximum absolute atomic E-state index is 12.0. The molecule has 3 heterocycles. The van der Waals surface area contributed by atoms with Crippen LogP contribution in [-0.2, 0) is 11.3 Å². The van der Waals surface area contributed by atoms with Crippen LogP contribution in [0, 0.1) is 0 Å². The molecule has 0 aliphatic rings. The van der Waals surface area contributed by atoms with Gasteiger partial charge >= 0.3 is 5.97 Å². The first-order valence-electron chi connectivity index (χ1n) is 5.20. The molecule has 9 heteroatoms. The average Bonchev–Trinajstić information content (AvgIpc) is 3.14. The van der Waals surface area contributed by atoms with Crippen molar-refractivity contribution < 1.29 is 9.53 Å². The molecule has 0 fully saturated rings. The number of esters is 1. The van der Waals surface area contributed by atoms with E-state index in [0.717, 1.165) is 4.88 Å². The van der Waals surface area contributed by atoms with E-state index < -0.39 is 5.97 Å². The summed E-state index contributed by atoms with van der Waals surface area (Å²) in [7, 11) is 0. The summed E-state index contributed by atoms with van der Waals surface area (Å²) < 4.78 is 6.66. The maximum Gasteiger partial charge on any atom is 0.350 e. The smallest absolute Gasteiger partial charge is 0.350 e. The molecule has 0 radical (unpaired) electrons. The molecule has 0 saturated heterocycles. The molecule has 3 aromatic heterocycles. The third-order valence-corrected chi connectivity index (χ3v) is 3.89. The van der Waals surface area contributed by atoms with Crippen LogP contribution in [-0.4, -0.2) is 31.2 Å². The number of carbonyl (C=O) groups excluding carboxylic acids is 1. The Bertz CT molecular complexity index is 662. The van der Waals surface area contributed by atoms with Crippen molar-refractivity contribution in [3.8, 4) is 5.69 Å². The molecule has 0 bridgehead atoms. The summed E-state index contributed by atoms with van der Waals surface area (Å²) in [5, 5.41) is 12.6. The van der Waals surface area contributed by atoms with E-state index in [4.69, 9.17) is 4.74 Å². The number of carbonyl (C=O) groups is 1. The fourth-order valence-corrected chi connectivity index (χ4v) is 2.70. The van der Waals surface area contributed by atoms with Crippen molar-refractivity contribution in [3.05, 3.63) is 39.2 Å². The molecule has 3 aromatic rings. The summed E-state index contributed by atoms with van der Waals surface area (Å²) in [5.41, 5.74) is 2.31. The number of aromatic nitrogens is 5. The van der Waals surface area contributed by atoms with Crippen LogP contribution in [0.1, 0.15) is 14.5 Å². The van der Waals surface area contributed by atoms with E-state index in [0.29, 0.717) is 10.6 Å². The van der Waals surface area contributed by atoms with Gasteiger partial charge < -0.3 is 4.74 Å². The molecular weight excluding hydrogens is 286 g/mol. The van der Waals surface area contributed by atoms with E-state index in [2.05, 4.69) is 20.5 Å². The van der Waals surface area contributed by atoms with E-state index in [1.807, 2.05) is 0 Å². The lowest BCUT2D eigenvalue weighted by Gasteiger charge is -2.03. The maximum atomic E-state index is 12.0. The van der Waals surface area contributed by atoms with Crippen molar-refractivity contribution in [2.24, 2.45) is 0 Å². The van der Waals surface area contributed by atoms with Gasteiger partial charge in [0.25, 0.3) is 0 Å². The Morgan fingerprint density at radius 3 is 3.11 bits per heavy atom. The molecule has 19 heavy (non-hydrogen) atoms. The second kappa shape index (κ2) is 5.24. The van der Waals surface area contributed by atoms with E-state index in [-0.39, 0.29) is 6.61 Å². The minimum atomic E-state index is -0.395. The minimum absolute atomic E-state index is 0.219. The summed E-state index contributed by atoms with van der Waals surface area (Å²) in [6.45, 7) is 0.219. The van der Waals surface area contributed by atoms with Gasteiger partial charge in [-0.1, -0.05) is 0 Å². The number of tetrazole rings is 1. The SMILES string of the molecule is O=C(OCc1cncs1)c1sccc1-n1cnnn1. The van der Waals surface area contributed by atoms with E-state index >= 15 is 0 Å². The predicted molar refractivity (Wildman–Crippen MR) is 68.3 cm³/mol. The highest BCUT2D eigenvalue weighted by atomic mass is 32.1. The summed E-state index contributed by atoms with van der Waals surface area (Å²) in [5.74, 6) is -0.395. The fourth-order valence-electron chi connectivity index (χ4n) is 1.42. The van der Waals surface area contributed by atoms with Gasteiger partial charge in [-0.2, -0.15) is 4.68 Å². The minimum Gasteiger partial charge on any atom is -0.456 e. The number of thiazole rings is 1. The Morgan fingerprint density at radius 2 is 2.37 bits per heavy atom. The lowest BCUT2D eigenvalue weighted by atomic mass is 10.4. The molecule has 0 saturated carbocycles. The first-order chi connectivity index (χ1) is 9.34. The van der Waals surface area contributed by atoms with Crippen LogP contribution < -0.4 is 0 Å². The lowest BCUT2D eigenvalue weighted by Crippen LogP contribution is -2.07. The Labute approximate surface area is 115 Å². The lowest BCUT2D eigenvalue weighted by molar-refractivity contribution is 0.0482. The van der Waals surface area contributed by atoms with Gasteiger partial charge in [-0.25, -0.2) is 4.79 Å². The van der Waals surface area contributed by atoms with Gasteiger partial charge in [0.15, 0.2) is 0 Å². The van der Waals surface area contributed by atoms with Crippen molar-refractivity contribution in [3.63, 3.8) is 0 Å². The molecule has 0 aliphatic carbocycles. The van der Waals surface area contributed by atoms with Crippen LogP contribution >= 0.6 is 22.7 Å². The Balaban J connectivity index is 1.75. The van der Waals surface area contributed by atoms with Gasteiger partial charge in [-0.15, -0.1) is 27.8 Å². The van der Waals surface area contributed by atoms with Gasteiger partial charge in [0.2, 0.25) is 0 Å². The molecule has 7 nitrogen and oxygen atoms in total. The Kier molecular flexibility index (Phi) is 3.29. The number of hydrogen-bond acceptors (Lipinski definition) is 8. The van der Waals surface area contributed by atoms with Crippen molar-refractivity contribution in [2.45, 2.75) is 6.61 Å².